The Bertz CT molecular complexity index is 1660. The SMILES string of the molecule is Cc1cc(C2C3=CCC4C(=O)N(c5ccc(C(=O)O)c(O)c5)C(=O)C4C3CC3(Cl)C(=O)N(C)C(=O)C23Cl)cc(C)c1O. The molecule has 0 spiro atoms. The Kier molecular flexibility index (Phi) is 6.09. The number of aromatic hydroxyl groups is 2. The minimum absolute atomic E-state index is 0.0136. The molecule has 2 heterocycles. The Balaban J connectivity index is 1.50. The van der Waals surface area contributed by atoms with Gasteiger partial charge in [-0.1, -0.05) is 23.8 Å². The van der Waals surface area contributed by atoms with Crippen molar-refractivity contribution in [2.75, 3.05) is 11.9 Å². The molecule has 6 rings (SSSR count). The van der Waals surface area contributed by atoms with Crippen LogP contribution in [0, 0.1) is 31.6 Å². The van der Waals surface area contributed by atoms with Crippen LogP contribution in [0.3, 0.4) is 0 Å². The number of halogens is 2. The molecule has 6 atom stereocenters. The summed E-state index contributed by atoms with van der Waals surface area (Å²) in [5.74, 6) is -7.87. The third kappa shape index (κ3) is 3.42. The van der Waals surface area contributed by atoms with Gasteiger partial charge in [0.25, 0.3) is 11.8 Å². The van der Waals surface area contributed by atoms with Crippen molar-refractivity contribution in [3.8, 4) is 11.5 Å². The van der Waals surface area contributed by atoms with Gasteiger partial charge in [-0.3, -0.25) is 24.1 Å². The molecular formula is C30H26Cl2N2O8. The van der Waals surface area contributed by atoms with E-state index in [0.717, 1.165) is 21.9 Å². The van der Waals surface area contributed by atoms with Crippen molar-refractivity contribution in [1.82, 2.24) is 4.90 Å². The molecule has 2 aliphatic carbocycles. The standard InChI is InChI=1S/C30H26Cl2N2O8/c1-12-8-14(9-13(2)23(12)36)22-16-6-7-18-21(19(16)11-29(31)27(41)33(3)28(42)30(22,29)32)25(38)34(24(18)37)15-4-5-17(26(39)40)20(35)10-15/h4-6,8-10,18-19,21-22,35-36H,7,11H2,1-3H3,(H,39,40). The van der Waals surface area contributed by atoms with Crippen LogP contribution in [0.1, 0.15) is 45.8 Å². The highest BCUT2D eigenvalue weighted by Gasteiger charge is 2.75. The summed E-state index contributed by atoms with van der Waals surface area (Å²) in [4.78, 5) is 64.2. The molecule has 0 bridgehead atoms. The lowest BCUT2D eigenvalue weighted by molar-refractivity contribution is -0.138. The highest BCUT2D eigenvalue weighted by Crippen LogP contribution is 2.65. The average Bonchev–Trinajstić information content (AvgIpc) is 3.26. The van der Waals surface area contributed by atoms with E-state index < -0.39 is 68.8 Å². The fourth-order valence-electron chi connectivity index (χ4n) is 7.37. The van der Waals surface area contributed by atoms with Crippen molar-refractivity contribution >= 4 is 58.5 Å². The van der Waals surface area contributed by atoms with Crippen LogP contribution in [0.25, 0.3) is 0 Å². The van der Waals surface area contributed by atoms with Gasteiger partial charge in [-0.2, -0.15) is 0 Å². The van der Waals surface area contributed by atoms with Crippen molar-refractivity contribution in [2.45, 2.75) is 42.4 Å². The number of phenols is 2. The van der Waals surface area contributed by atoms with Crippen LogP contribution < -0.4 is 4.90 Å². The number of phenolic OH excluding ortho intramolecular Hbond substituents is 1. The number of carbonyl (C=O) groups excluding carboxylic acids is 4. The zero-order chi connectivity index (χ0) is 30.6. The number of benzene rings is 2. The molecule has 2 aromatic carbocycles. The van der Waals surface area contributed by atoms with Gasteiger partial charge in [0.2, 0.25) is 11.8 Å². The predicted molar refractivity (Wildman–Crippen MR) is 151 cm³/mol. The number of aryl methyl sites for hydroxylation is 2. The molecule has 4 amide bonds. The molecule has 0 aromatic heterocycles. The van der Waals surface area contributed by atoms with Gasteiger partial charge in [0.05, 0.1) is 17.5 Å². The normalized spacial score (nSPS) is 32.1. The first kappa shape index (κ1) is 28.2. The molecule has 2 aliphatic heterocycles. The van der Waals surface area contributed by atoms with Crippen LogP contribution >= 0.6 is 23.2 Å². The maximum atomic E-state index is 14.0. The summed E-state index contributed by atoms with van der Waals surface area (Å²) in [5, 5.41) is 30.0. The quantitative estimate of drug-likeness (QED) is 0.270. The van der Waals surface area contributed by atoms with Crippen molar-refractivity contribution in [2.24, 2.45) is 17.8 Å². The number of imide groups is 2. The summed E-state index contributed by atoms with van der Waals surface area (Å²) in [7, 11) is 1.31. The Morgan fingerprint density at radius 3 is 2.19 bits per heavy atom. The number of nitrogens with zero attached hydrogens (tertiary/aromatic N) is 2. The van der Waals surface area contributed by atoms with Crippen LogP contribution in [0.4, 0.5) is 5.69 Å². The van der Waals surface area contributed by atoms with E-state index in [4.69, 9.17) is 23.2 Å². The number of carboxylic acids is 1. The van der Waals surface area contributed by atoms with Gasteiger partial charge in [-0.15, -0.1) is 23.2 Å². The number of allylic oxidation sites excluding steroid dienone is 2. The Hall–Kier alpha value is -3.89. The molecule has 3 fully saturated rings. The maximum absolute atomic E-state index is 14.0. The van der Waals surface area contributed by atoms with Crippen molar-refractivity contribution < 1.29 is 39.3 Å². The van der Waals surface area contributed by atoms with E-state index in [1.807, 2.05) is 0 Å². The lowest BCUT2D eigenvalue weighted by Crippen LogP contribution is -2.60. The average molecular weight is 613 g/mol. The molecule has 10 nitrogen and oxygen atoms in total. The fourth-order valence-corrected chi connectivity index (χ4v) is 8.39. The fraction of sp³-hybridized carbons (Fsp3) is 0.367. The molecule has 42 heavy (non-hydrogen) atoms. The molecule has 2 aromatic rings. The number of carbonyl (C=O) groups is 5. The number of alkyl halides is 2. The molecule has 2 saturated heterocycles. The van der Waals surface area contributed by atoms with Crippen molar-refractivity contribution in [1.29, 1.82) is 0 Å². The number of likely N-dealkylation sites (tertiary alicyclic amines) is 1. The van der Waals surface area contributed by atoms with E-state index in [9.17, 15) is 39.3 Å². The van der Waals surface area contributed by atoms with Crippen LogP contribution in [-0.4, -0.2) is 66.6 Å². The smallest absolute Gasteiger partial charge is 0.339 e. The number of aromatic carboxylic acids is 1. The second-order valence-electron chi connectivity index (χ2n) is 11.5. The van der Waals surface area contributed by atoms with E-state index >= 15 is 0 Å². The third-order valence-electron chi connectivity index (χ3n) is 9.33. The predicted octanol–water partition coefficient (Wildman–Crippen LogP) is 3.61. The molecule has 6 unspecified atom stereocenters. The Morgan fingerprint density at radius 1 is 0.952 bits per heavy atom. The maximum Gasteiger partial charge on any atom is 0.339 e. The van der Waals surface area contributed by atoms with Crippen molar-refractivity contribution in [3.05, 3.63) is 64.2 Å². The largest absolute Gasteiger partial charge is 0.507 e. The van der Waals surface area contributed by atoms with Gasteiger partial charge in [0.15, 0.2) is 9.75 Å². The topological polar surface area (TPSA) is 153 Å². The summed E-state index contributed by atoms with van der Waals surface area (Å²) >= 11 is 14.3. The van der Waals surface area contributed by atoms with Gasteiger partial charge in [-0.05, 0) is 61.4 Å². The van der Waals surface area contributed by atoms with Gasteiger partial charge >= 0.3 is 5.97 Å². The van der Waals surface area contributed by atoms with Crippen LogP contribution in [-0.2, 0) is 19.2 Å². The van der Waals surface area contributed by atoms with E-state index in [1.54, 1.807) is 32.1 Å². The Morgan fingerprint density at radius 2 is 1.60 bits per heavy atom. The summed E-state index contributed by atoms with van der Waals surface area (Å²) in [6, 6.07) is 6.80. The number of anilines is 1. The first-order chi connectivity index (χ1) is 19.6. The molecule has 0 radical (unpaired) electrons. The molecule has 3 N–H and O–H groups in total. The second-order valence-corrected chi connectivity index (χ2v) is 12.8. The number of amides is 4. The monoisotopic (exact) mass is 612 g/mol. The van der Waals surface area contributed by atoms with Crippen LogP contribution in [0.5, 0.6) is 11.5 Å². The van der Waals surface area contributed by atoms with Gasteiger partial charge in [0, 0.05) is 19.0 Å². The molecule has 4 aliphatic rings. The first-order valence-corrected chi connectivity index (χ1v) is 14.0. The van der Waals surface area contributed by atoms with Gasteiger partial charge in [-0.25, -0.2) is 9.69 Å². The summed E-state index contributed by atoms with van der Waals surface area (Å²) < 4.78 is 0. The number of hydrogen-bond donors (Lipinski definition) is 3. The highest BCUT2D eigenvalue weighted by molar-refractivity contribution is 6.53. The summed E-state index contributed by atoms with van der Waals surface area (Å²) in [6.45, 7) is 3.39. The van der Waals surface area contributed by atoms with Crippen molar-refractivity contribution in [3.63, 3.8) is 0 Å². The molecule has 1 saturated carbocycles. The van der Waals surface area contributed by atoms with E-state index in [1.165, 1.54) is 13.1 Å². The molecule has 218 valence electrons. The number of rotatable bonds is 3. The lowest BCUT2D eigenvalue weighted by atomic mass is 9.56. The number of carboxylic acid groups (broad SMARTS) is 1. The van der Waals surface area contributed by atoms with E-state index in [2.05, 4.69) is 0 Å². The number of hydrogen-bond acceptors (Lipinski definition) is 7. The summed E-state index contributed by atoms with van der Waals surface area (Å²) in [5.41, 5.74) is 1.82. The second kappa shape index (κ2) is 9.05. The lowest BCUT2D eigenvalue weighted by Gasteiger charge is -2.51. The third-order valence-corrected chi connectivity index (χ3v) is 10.7. The van der Waals surface area contributed by atoms with Gasteiger partial charge < -0.3 is 15.3 Å². The van der Waals surface area contributed by atoms with Crippen LogP contribution in [0.2, 0.25) is 0 Å². The first-order valence-electron chi connectivity index (χ1n) is 13.3. The Labute approximate surface area is 250 Å². The molecule has 12 heteroatoms. The minimum atomic E-state index is -1.94. The number of fused-ring (bicyclic) bond motifs is 4. The zero-order valence-corrected chi connectivity index (χ0v) is 24.2. The highest BCUT2D eigenvalue weighted by atomic mass is 35.5. The zero-order valence-electron chi connectivity index (χ0n) is 22.7. The molecular weight excluding hydrogens is 587 g/mol. The van der Waals surface area contributed by atoms with Gasteiger partial charge in [0.1, 0.15) is 17.1 Å². The van der Waals surface area contributed by atoms with E-state index in [-0.39, 0.29) is 29.8 Å². The van der Waals surface area contributed by atoms with E-state index in [0.29, 0.717) is 22.3 Å². The minimum Gasteiger partial charge on any atom is -0.507 e. The summed E-state index contributed by atoms with van der Waals surface area (Å²) in [6.07, 6.45) is 1.76. The van der Waals surface area contributed by atoms with Crippen LogP contribution in [0.15, 0.2) is 42.0 Å².